The molecule has 0 amide bonds. The van der Waals surface area contributed by atoms with Gasteiger partial charge in [-0.05, 0) is 91.3 Å². The Labute approximate surface area is 196 Å². The zero-order valence-corrected chi connectivity index (χ0v) is 21.6. The Balaban J connectivity index is 1.48. The summed E-state index contributed by atoms with van der Waals surface area (Å²) in [7, 11) is 0. The topological polar surface area (TPSA) is 43.4 Å². The van der Waals surface area contributed by atoms with Gasteiger partial charge in [0.05, 0.1) is 0 Å². The van der Waals surface area contributed by atoms with Gasteiger partial charge in [0, 0.05) is 19.3 Å². The Morgan fingerprint density at radius 2 is 1.69 bits per heavy atom. The molecule has 0 aliphatic heterocycles. The number of hydrogen-bond donors (Lipinski definition) is 0. The monoisotopic (exact) mass is 444 g/mol. The maximum atomic E-state index is 13.7. The molecule has 0 aromatic carbocycles. The normalized spacial score (nSPS) is 44.5. The van der Waals surface area contributed by atoms with Gasteiger partial charge in [-0.3, -0.25) is 9.59 Å². The van der Waals surface area contributed by atoms with Crippen LogP contribution in [0.1, 0.15) is 112 Å². The van der Waals surface area contributed by atoms with E-state index in [9.17, 15) is 9.59 Å². The molecule has 0 aromatic rings. The number of carbonyl (C=O) groups excluding carboxylic acids is 2. The number of ether oxygens (including phenoxy) is 1. The SMILES string of the molecule is CC(=O)O[C@H]1CC[C@]2(C)C3CC[C@@]4(C)C(CC[C@@H]4C(C)CCCC(C)C)C3C(=O)C[C@H]2C1. The van der Waals surface area contributed by atoms with Crippen LogP contribution < -0.4 is 0 Å². The van der Waals surface area contributed by atoms with Crippen molar-refractivity contribution in [3.63, 3.8) is 0 Å². The lowest BCUT2D eigenvalue weighted by atomic mass is 9.44. The lowest BCUT2D eigenvalue weighted by Gasteiger charge is -2.60. The van der Waals surface area contributed by atoms with Gasteiger partial charge < -0.3 is 4.74 Å². The van der Waals surface area contributed by atoms with E-state index in [2.05, 4.69) is 34.6 Å². The minimum atomic E-state index is -0.174. The second-order valence-electron chi connectivity index (χ2n) is 13.1. The molecular weight excluding hydrogens is 396 g/mol. The van der Waals surface area contributed by atoms with Crippen molar-refractivity contribution < 1.29 is 14.3 Å². The number of Topliss-reactive ketones (excluding diaryl/α,β-unsaturated/α-hetero) is 1. The average molecular weight is 445 g/mol. The summed E-state index contributed by atoms with van der Waals surface area (Å²) in [6.07, 6.45) is 12.9. The Kier molecular flexibility index (Phi) is 6.87. The zero-order chi connectivity index (χ0) is 23.3. The van der Waals surface area contributed by atoms with Gasteiger partial charge in [0.1, 0.15) is 11.9 Å². The first kappa shape index (κ1) is 24.3. The third kappa shape index (κ3) is 4.20. The second kappa shape index (κ2) is 9.06. The van der Waals surface area contributed by atoms with Crippen LogP contribution in [-0.4, -0.2) is 17.9 Å². The summed E-state index contributed by atoms with van der Waals surface area (Å²) in [6, 6.07) is 0. The van der Waals surface area contributed by atoms with Crippen molar-refractivity contribution in [2.45, 2.75) is 118 Å². The van der Waals surface area contributed by atoms with Crippen LogP contribution in [0.25, 0.3) is 0 Å². The first-order valence-corrected chi connectivity index (χ1v) is 13.8. The van der Waals surface area contributed by atoms with Crippen LogP contribution in [-0.2, 0) is 14.3 Å². The van der Waals surface area contributed by atoms with Gasteiger partial charge in [-0.25, -0.2) is 0 Å². The molecule has 0 saturated heterocycles. The Bertz CT molecular complexity index is 713. The molecule has 0 N–H and O–H groups in total. The van der Waals surface area contributed by atoms with Crippen LogP contribution in [0, 0.1) is 52.3 Å². The molecule has 0 heterocycles. The van der Waals surface area contributed by atoms with Crippen molar-refractivity contribution in [1.29, 1.82) is 0 Å². The van der Waals surface area contributed by atoms with Gasteiger partial charge in [0.15, 0.2) is 0 Å². The smallest absolute Gasteiger partial charge is 0.302 e. The zero-order valence-electron chi connectivity index (χ0n) is 21.6. The lowest BCUT2D eigenvalue weighted by Crippen LogP contribution is -2.57. The van der Waals surface area contributed by atoms with E-state index in [0.29, 0.717) is 29.0 Å². The van der Waals surface area contributed by atoms with Gasteiger partial charge in [0.25, 0.3) is 0 Å². The molecule has 32 heavy (non-hydrogen) atoms. The predicted molar refractivity (Wildman–Crippen MR) is 129 cm³/mol. The highest BCUT2D eigenvalue weighted by Gasteiger charge is 2.63. The van der Waals surface area contributed by atoms with Crippen LogP contribution in [0.3, 0.4) is 0 Å². The summed E-state index contributed by atoms with van der Waals surface area (Å²) in [6.45, 7) is 13.7. The van der Waals surface area contributed by atoms with E-state index in [1.54, 1.807) is 0 Å². The van der Waals surface area contributed by atoms with E-state index in [1.165, 1.54) is 51.9 Å². The number of carbonyl (C=O) groups is 2. The molecule has 0 spiro atoms. The molecule has 4 rings (SSSR count). The number of rotatable bonds is 6. The quantitative estimate of drug-likeness (QED) is 0.406. The average Bonchev–Trinajstić information content (AvgIpc) is 3.05. The predicted octanol–water partition coefficient (Wildman–Crippen LogP) is 7.22. The second-order valence-corrected chi connectivity index (χ2v) is 13.1. The standard InChI is InChI=1S/C29H48O3/c1-18(2)8-7-9-19(3)23-10-11-24-27-25(13-15-29(23,24)6)28(5)14-12-22(32-20(4)30)16-21(28)17-26(27)31/h18-19,21-25,27H,7-17H2,1-6H3/t19?,21-,22+,23-,24?,25?,27?,28+,29-/m1/s1. The fourth-order valence-electron chi connectivity index (χ4n) is 9.26. The van der Waals surface area contributed by atoms with Crippen LogP contribution >= 0.6 is 0 Å². The summed E-state index contributed by atoms with van der Waals surface area (Å²) in [5.74, 6) is 4.56. The van der Waals surface area contributed by atoms with Crippen molar-refractivity contribution in [3.8, 4) is 0 Å². The first-order chi connectivity index (χ1) is 15.1. The molecule has 4 aliphatic rings. The van der Waals surface area contributed by atoms with Gasteiger partial charge >= 0.3 is 5.97 Å². The summed E-state index contributed by atoms with van der Waals surface area (Å²) >= 11 is 0. The summed E-state index contributed by atoms with van der Waals surface area (Å²) < 4.78 is 5.58. The minimum absolute atomic E-state index is 0.0198. The highest BCUT2D eigenvalue weighted by atomic mass is 16.5. The Hall–Kier alpha value is -0.860. The molecule has 0 bridgehead atoms. The molecule has 3 heteroatoms. The first-order valence-electron chi connectivity index (χ1n) is 13.8. The van der Waals surface area contributed by atoms with E-state index in [0.717, 1.165) is 43.4 Å². The van der Waals surface area contributed by atoms with E-state index in [-0.39, 0.29) is 23.4 Å². The van der Waals surface area contributed by atoms with E-state index < -0.39 is 0 Å². The molecule has 9 atom stereocenters. The third-order valence-electron chi connectivity index (χ3n) is 11.0. The van der Waals surface area contributed by atoms with E-state index >= 15 is 0 Å². The van der Waals surface area contributed by atoms with Crippen LogP contribution in [0.2, 0.25) is 0 Å². The summed E-state index contributed by atoms with van der Waals surface area (Å²) in [5, 5.41) is 0. The molecular formula is C29H48O3. The van der Waals surface area contributed by atoms with Gasteiger partial charge in [0.2, 0.25) is 0 Å². The van der Waals surface area contributed by atoms with Crippen LogP contribution in [0.4, 0.5) is 0 Å². The highest BCUT2D eigenvalue weighted by Crippen LogP contribution is 2.67. The van der Waals surface area contributed by atoms with Gasteiger partial charge in [-0.1, -0.05) is 53.9 Å². The molecule has 0 aromatic heterocycles. The van der Waals surface area contributed by atoms with Crippen molar-refractivity contribution in [2.75, 3.05) is 0 Å². The summed E-state index contributed by atoms with van der Waals surface area (Å²) in [5.41, 5.74) is 0.601. The van der Waals surface area contributed by atoms with Crippen molar-refractivity contribution >= 4 is 11.8 Å². The van der Waals surface area contributed by atoms with Crippen LogP contribution in [0.5, 0.6) is 0 Å². The van der Waals surface area contributed by atoms with Crippen LogP contribution in [0.15, 0.2) is 0 Å². The molecule has 4 fully saturated rings. The van der Waals surface area contributed by atoms with E-state index in [4.69, 9.17) is 4.74 Å². The molecule has 4 unspecified atom stereocenters. The number of esters is 1. The minimum Gasteiger partial charge on any atom is -0.463 e. The summed E-state index contributed by atoms with van der Waals surface area (Å²) in [4.78, 5) is 25.2. The Morgan fingerprint density at radius 3 is 2.38 bits per heavy atom. The fraction of sp³-hybridized carbons (Fsp3) is 0.931. The largest absolute Gasteiger partial charge is 0.463 e. The maximum absolute atomic E-state index is 13.7. The fourth-order valence-corrected chi connectivity index (χ4v) is 9.26. The van der Waals surface area contributed by atoms with Crippen molar-refractivity contribution in [2.24, 2.45) is 52.3 Å². The lowest BCUT2D eigenvalue weighted by molar-refractivity contribution is -0.168. The number of hydrogen-bond acceptors (Lipinski definition) is 3. The molecule has 4 saturated carbocycles. The number of ketones is 1. The molecule has 0 radical (unpaired) electrons. The molecule has 182 valence electrons. The van der Waals surface area contributed by atoms with Crippen molar-refractivity contribution in [1.82, 2.24) is 0 Å². The molecule has 4 aliphatic carbocycles. The van der Waals surface area contributed by atoms with E-state index in [1.807, 2.05) is 0 Å². The molecule has 3 nitrogen and oxygen atoms in total. The number of fused-ring (bicyclic) bond motifs is 5. The maximum Gasteiger partial charge on any atom is 0.302 e. The van der Waals surface area contributed by atoms with Gasteiger partial charge in [-0.15, -0.1) is 0 Å². The third-order valence-corrected chi connectivity index (χ3v) is 11.0. The Morgan fingerprint density at radius 1 is 1.00 bits per heavy atom. The van der Waals surface area contributed by atoms with Gasteiger partial charge in [-0.2, -0.15) is 0 Å². The highest BCUT2D eigenvalue weighted by molar-refractivity contribution is 5.83. The van der Waals surface area contributed by atoms with Crippen molar-refractivity contribution in [3.05, 3.63) is 0 Å².